The number of carbonyl (C=O) groups is 2. The standard InChI is InChI=1S/C36H53NO6/c1-7-9-10-19-30-20-13-22-33(39)34(30)35(40)43-32(26-31(38)8-2)21-14-24-37-36(41)42-25-23-29(6)18-12-17-28(5)16-11-15-27(3)4/h9-10,13-15,17,20,22-24,31-32,38-39H,7-8,11-12,16,18-19,21,25-26H2,1-6H3,(H,37,41)/b10-9+,24-14+,28-17+,29-23+. The summed E-state index contributed by atoms with van der Waals surface area (Å²) in [6.45, 7) is 12.5. The smallest absolute Gasteiger partial charge is 0.411 e. The highest BCUT2D eigenvalue weighted by Crippen LogP contribution is 2.25. The van der Waals surface area contributed by atoms with E-state index < -0.39 is 24.3 Å². The summed E-state index contributed by atoms with van der Waals surface area (Å²) >= 11 is 0. The average Bonchev–Trinajstić information content (AvgIpc) is 2.95. The fourth-order valence-electron chi connectivity index (χ4n) is 4.23. The molecule has 0 saturated heterocycles. The van der Waals surface area contributed by atoms with Gasteiger partial charge in [-0.05, 0) is 90.3 Å². The highest BCUT2D eigenvalue weighted by Gasteiger charge is 2.22. The van der Waals surface area contributed by atoms with Crippen LogP contribution in [0.5, 0.6) is 5.75 Å². The lowest BCUT2D eigenvalue weighted by Crippen LogP contribution is -2.24. The van der Waals surface area contributed by atoms with Gasteiger partial charge in [0.15, 0.2) is 0 Å². The second-order valence-electron chi connectivity index (χ2n) is 11.1. The molecular formula is C36H53NO6. The molecule has 3 N–H and O–H groups in total. The molecule has 2 atom stereocenters. The van der Waals surface area contributed by atoms with Crippen molar-refractivity contribution in [2.75, 3.05) is 6.61 Å². The number of nitrogens with one attached hydrogen (secondary N) is 1. The van der Waals surface area contributed by atoms with E-state index in [9.17, 15) is 19.8 Å². The minimum atomic E-state index is -0.655. The Balaban J connectivity index is 2.61. The van der Waals surface area contributed by atoms with Gasteiger partial charge in [-0.1, -0.05) is 73.1 Å². The first kappa shape index (κ1) is 37.4. The minimum absolute atomic E-state index is 0.124. The van der Waals surface area contributed by atoms with Crippen molar-refractivity contribution in [2.45, 2.75) is 112 Å². The van der Waals surface area contributed by atoms with E-state index in [-0.39, 0.29) is 30.8 Å². The zero-order valence-electron chi connectivity index (χ0n) is 27.0. The largest absolute Gasteiger partial charge is 0.507 e. The van der Waals surface area contributed by atoms with Gasteiger partial charge >= 0.3 is 12.1 Å². The van der Waals surface area contributed by atoms with Crippen LogP contribution in [0, 0.1) is 0 Å². The van der Waals surface area contributed by atoms with Crippen LogP contribution in [0.15, 0.2) is 77.6 Å². The van der Waals surface area contributed by atoms with E-state index in [1.165, 1.54) is 23.4 Å². The molecular weight excluding hydrogens is 542 g/mol. The van der Waals surface area contributed by atoms with Crippen LogP contribution >= 0.6 is 0 Å². The zero-order chi connectivity index (χ0) is 32.0. The molecule has 1 amide bonds. The number of aliphatic hydroxyl groups is 1. The predicted octanol–water partition coefficient (Wildman–Crippen LogP) is 8.64. The molecule has 238 valence electrons. The molecule has 0 radical (unpaired) electrons. The Labute approximate surface area is 259 Å². The number of carbonyl (C=O) groups excluding carboxylic acids is 2. The molecule has 0 heterocycles. The van der Waals surface area contributed by atoms with Crippen LogP contribution in [0.25, 0.3) is 0 Å². The molecule has 0 aliphatic rings. The number of aromatic hydroxyl groups is 1. The monoisotopic (exact) mass is 595 g/mol. The molecule has 43 heavy (non-hydrogen) atoms. The van der Waals surface area contributed by atoms with Crippen molar-refractivity contribution in [1.82, 2.24) is 5.32 Å². The molecule has 0 aromatic heterocycles. The molecule has 0 aliphatic heterocycles. The van der Waals surface area contributed by atoms with Gasteiger partial charge in [0, 0.05) is 19.0 Å². The topological polar surface area (TPSA) is 105 Å². The fourth-order valence-corrected chi connectivity index (χ4v) is 4.23. The molecule has 1 rings (SSSR count). The van der Waals surface area contributed by atoms with Crippen molar-refractivity contribution in [3.63, 3.8) is 0 Å². The molecule has 0 bridgehead atoms. The third kappa shape index (κ3) is 17.2. The number of aliphatic hydroxyl groups excluding tert-OH is 1. The molecule has 1 aromatic carbocycles. The first-order valence-corrected chi connectivity index (χ1v) is 15.4. The lowest BCUT2D eigenvalue weighted by molar-refractivity contribution is 0.0148. The zero-order valence-corrected chi connectivity index (χ0v) is 27.0. The maximum atomic E-state index is 13.1. The van der Waals surface area contributed by atoms with Crippen molar-refractivity contribution in [3.8, 4) is 5.75 Å². The number of hydrogen-bond acceptors (Lipinski definition) is 6. The summed E-state index contributed by atoms with van der Waals surface area (Å²) in [7, 11) is 0. The Bertz CT molecular complexity index is 1140. The summed E-state index contributed by atoms with van der Waals surface area (Å²) in [4.78, 5) is 25.2. The summed E-state index contributed by atoms with van der Waals surface area (Å²) in [6, 6.07) is 4.93. The second-order valence-corrected chi connectivity index (χ2v) is 11.1. The normalized spacial score (nSPS) is 13.7. The molecule has 0 spiro atoms. The minimum Gasteiger partial charge on any atom is -0.507 e. The molecule has 0 saturated carbocycles. The van der Waals surface area contributed by atoms with Crippen molar-refractivity contribution in [1.29, 1.82) is 0 Å². The van der Waals surface area contributed by atoms with Crippen molar-refractivity contribution in [2.24, 2.45) is 0 Å². The second kappa shape index (κ2) is 22.0. The van der Waals surface area contributed by atoms with E-state index in [4.69, 9.17) is 9.47 Å². The molecule has 0 fully saturated rings. The Morgan fingerprint density at radius 2 is 1.65 bits per heavy atom. The van der Waals surface area contributed by atoms with E-state index >= 15 is 0 Å². The molecule has 2 unspecified atom stereocenters. The fraction of sp³-hybridized carbons (Fsp3) is 0.500. The molecule has 0 aliphatic carbocycles. The molecule has 7 nitrogen and oxygen atoms in total. The van der Waals surface area contributed by atoms with E-state index in [1.54, 1.807) is 18.2 Å². The predicted molar refractivity (Wildman–Crippen MR) is 175 cm³/mol. The lowest BCUT2D eigenvalue weighted by atomic mass is 10.0. The average molecular weight is 596 g/mol. The number of allylic oxidation sites excluding steroid dienone is 7. The number of alkyl carbamates (subject to hydrolysis) is 1. The third-order valence-electron chi connectivity index (χ3n) is 6.84. The van der Waals surface area contributed by atoms with Gasteiger partial charge in [-0.15, -0.1) is 0 Å². The number of amides is 1. The van der Waals surface area contributed by atoms with Crippen LogP contribution < -0.4 is 5.32 Å². The van der Waals surface area contributed by atoms with Crippen LogP contribution in [0.1, 0.15) is 109 Å². The maximum Gasteiger partial charge on any atom is 0.411 e. The molecule has 7 heteroatoms. The summed E-state index contributed by atoms with van der Waals surface area (Å²) < 4.78 is 11.0. The van der Waals surface area contributed by atoms with Gasteiger partial charge in [0.25, 0.3) is 0 Å². The van der Waals surface area contributed by atoms with Crippen molar-refractivity contribution >= 4 is 12.1 Å². The summed E-state index contributed by atoms with van der Waals surface area (Å²) in [6.07, 6.45) is 17.9. The highest BCUT2D eigenvalue weighted by molar-refractivity contribution is 5.94. The quantitative estimate of drug-likeness (QED) is 0.109. The number of phenolic OH excluding ortho intramolecular Hbond substituents is 1. The lowest BCUT2D eigenvalue weighted by Gasteiger charge is -2.20. The molecule has 1 aromatic rings. The van der Waals surface area contributed by atoms with Gasteiger partial charge in [-0.25, -0.2) is 9.59 Å². The highest BCUT2D eigenvalue weighted by atomic mass is 16.5. The van der Waals surface area contributed by atoms with Gasteiger partial charge in [-0.3, -0.25) is 5.32 Å². The van der Waals surface area contributed by atoms with Gasteiger partial charge in [0.05, 0.1) is 6.10 Å². The van der Waals surface area contributed by atoms with Crippen LogP contribution in [-0.2, 0) is 15.9 Å². The number of esters is 1. The van der Waals surface area contributed by atoms with Crippen LogP contribution in [0.4, 0.5) is 4.79 Å². The first-order valence-electron chi connectivity index (χ1n) is 15.4. The SMILES string of the molecule is CC/C=C/Cc1cccc(O)c1C(=O)OC(C/C=C/NC(=O)OC/C=C(\C)CC/C=C(\C)CCC=C(C)C)CC(O)CC. The van der Waals surface area contributed by atoms with Gasteiger partial charge in [0.1, 0.15) is 24.0 Å². The van der Waals surface area contributed by atoms with E-state index in [1.807, 2.05) is 39.0 Å². The number of benzene rings is 1. The summed E-state index contributed by atoms with van der Waals surface area (Å²) in [5.41, 5.74) is 4.67. The summed E-state index contributed by atoms with van der Waals surface area (Å²) in [5, 5.41) is 23.2. The van der Waals surface area contributed by atoms with Gasteiger partial charge in [0.2, 0.25) is 0 Å². The number of rotatable bonds is 19. The van der Waals surface area contributed by atoms with Crippen LogP contribution in [0.3, 0.4) is 0 Å². The number of ether oxygens (including phenoxy) is 2. The van der Waals surface area contributed by atoms with Crippen molar-refractivity contribution in [3.05, 3.63) is 88.7 Å². The van der Waals surface area contributed by atoms with Crippen LogP contribution in [0.2, 0.25) is 0 Å². The van der Waals surface area contributed by atoms with E-state index in [0.29, 0.717) is 18.4 Å². The van der Waals surface area contributed by atoms with Crippen LogP contribution in [-0.4, -0.2) is 41.1 Å². The Hall–Kier alpha value is -3.58. The first-order chi connectivity index (χ1) is 20.6. The van der Waals surface area contributed by atoms with Gasteiger partial charge in [-0.2, -0.15) is 0 Å². The maximum absolute atomic E-state index is 13.1. The number of hydrogen-bond donors (Lipinski definition) is 3. The summed E-state index contributed by atoms with van der Waals surface area (Å²) in [5.74, 6) is -0.795. The Morgan fingerprint density at radius 1 is 0.953 bits per heavy atom. The van der Waals surface area contributed by atoms with E-state index in [0.717, 1.165) is 37.7 Å². The van der Waals surface area contributed by atoms with Crippen molar-refractivity contribution < 1.29 is 29.3 Å². The third-order valence-corrected chi connectivity index (χ3v) is 6.84. The number of phenols is 1. The Morgan fingerprint density at radius 3 is 2.33 bits per heavy atom. The Kier molecular flexibility index (Phi) is 19.2. The van der Waals surface area contributed by atoms with Gasteiger partial charge < -0.3 is 19.7 Å². The van der Waals surface area contributed by atoms with E-state index in [2.05, 4.69) is 38.2 Å².